The van der Waals surface area contributed by atoms with Crippen molar-refractivity contribution in [3.8, 4) is 5.69 Å². The molecule has 5 rings (SSSR count). The molecule has 2 aromatic carbocycles. The molecule has 0 unspecified atom stereocenters. The van der Waals surface area contributed by atoms with Crippen LogP contribution in [0.5, 0.6) is 0 Å². The molecule has 0 atom stereocenters. The highest BCUT2D eigenvalue weighted by Gasteiger charge is 2.24. The Kier molecular flexibility index (Phi) is 6.22. The third kappa shape index (κ3) is 4.49. The molecule has 8 heteroatoms. The fourth-order valence-corrected chi connectivity index (χ4v) is 4.45. The maximum absolute atomic E-state index is 12.8. The van der Waals surface area contributed by atoms with Gasteiger partial charge in [0.15, 0.2) is 5.65 Å². The second-order valence-electron chi connectivity index (χ2n) is 8.65. The number of amides is 2. The highest BCUT2D eigenvalue weighted by molar-refractivity contribution is 6.31. The van der Waals surface area contributed by atoms with Crippen molar-refractivity contribution in [1.29, 1.82) is 0 Å². The van der Waals surface area contributed by atoms with Crippen LogP contribution in [-0.4, -0.2) is 56.5 Å². The summed E-state index contributed by atoms with van der Waals surface area (Å²) in [5, 5.41) is 3.64. The monoisotopic (exact) mass is 474 g/mol. The molecule has 1 aliphatic heterocycles. The second-order valence-corrected chi connectivity index (χ2v) is 9.06. The van der Waals surface area contributed by atoms with Crippen LogP contribution in [0.3, 0.4) is 0 Å². The van der Waals surface area contributed by atoms with Crippen molar-refractivity contribution in [1.82, 2.24) is 24.3 Å². The average Bonchev–Trinajstić information content (AvgIpc) is 3.21. The number of urea groups is 1. The highest BCUT2D eigenvalue weighted by Crippen LogP contribution is 2.24. The van der Waals surface area contributed by atoms with Gasteiger partial charge in [-0.1, -0.05) is 35.4 Å². The van der Waals surface area contributed by atoms with Crippen LogP contribution in [0.25, 0.3) is 16.9 Å². The molecule has 0 bridgehead atoms. The van der Waals surface area contributed by atoms with E-state index in [1.54, 1.807) is 6.20 Å². The van der Waals surface area contributed by atoms with Crippen molar-refractivity contribution in [3.63, 3.8) is 0 Å². The Bertz CT molecular complexity index is 1330. The number of aromatic nitrogens is 3. The molecule has 3 heterocycles. The Morgan fingerprint density at radius 3 is 2.53 bits per heavy atom. The van der Waals surface area contributed by atoms with Crippen molar-refractivity contribution in [2.75, 3.05) is 31.5 Å². The van der Waals surface area contributed by atoms with Gasteiger partial charge in [-0.05, 0) is 55.8 Å². The van der Waals surface area contributed by atoms with E-state index in [-0.39, 0.29) is 6.03 Å². The first kappa shape index (κ1) is 22.4. The normalized spacial score (nSPS) is 14.5. The smallest absolute Gasteiger partial charge is 0.321 e. The number of benzene rings is 2. The molecule has 7 nitrogen and oxygen atoms in total. The largest absolute Gasteiger partial charge is 0.322 e. The van der Waals surface area contributed by atoms with Gasteiger partial charge in [-0.2, -0.15) is 0 Å². The fraction of sp³-hybridized carbons (Fsp3) is 0.269. The second kappa shape index (κ2) is 9.44. The summed E-state index contributed by atoms with van der Waals surface area (Å²) in [5.74, 6) is 0.949. The van der Waals surface area contributed by atoms with Crippen LogP contribution in [0.4, 0.5) is 10.5 Å². The van der Waals surface area contributed by atoms with Crippen molar-refractivity contribution in [2.24, 2.45) is 0 Å². The summed E-state index contributed by atoms with van der Waals surface area (Å²) < 4.78 is 2.13. The zero-order valence-corrected chi connectivity index (χ0v) is 20.1. The Balaban J connectivity index is 1.29. The van der Waals surface area contributed by atoms with Crippen LogP contribution in [0.2, 0.25) is 5.02 Å². The number of imidazole rings is 1. The Morgan fingerprint density at radius 1 is 1.00 bits per heavy atom. The number of nitrogens with one attached hydrogen (secondary N) is 1. The van der Waals surface area contributed by atoms with Gasteiger partial charge in [-0.3, -0.25) is 9.47 Å². The zero-order chi connectivity index (χ0) is 23.7. The third-order valence-corrected chi connectivity index (χ3v) is 6.72. The number of pyridine rings is 1. The van der Waals surface area contributed by atoms with Crippen LogP contribution in [0.15, 0.2) is 60.8 Å². The zero-order valence-electron chi connectivity index (χ0n) is 19.3. The minimum absolute atomic E-state index is 0.0962. The Labute approximate surface area is 204 Å². The first-order chi connectivity index (χ1) is 16.5. The molecule has 0 aliphatic carbocycles. The lowest BCUT2D eigenvalue weighted by Gasteiger charge is -2.34. The molecule has 2 aromatic heterocycles. The lowest BCUT2D eigenvalue weighted by Crippen LogP contribution is -2.49. The minimum Gasteiger partial charge on any atom is -0.322 e. The number of nitrogens with zero attached hydrogens (tertiary/aromatic N) is 5. The van der Waals surface area contributed by atoms with Crippen LogP contribution < -0.4 is 5.32 Å². The molecule has 0 spiro atoms. The molecule has 174 valence electrons. The van der Waals surface area contributed by atoms with E-state index in [1.165, 1.54) is 5.56 Å². The van der Waals surface area contributed by atoms with Gasteiger partial charge < -0.3 is 10.2 Å². The molecule has 1 saturated heterocycles. The van der Waals surface area contributed by atoms with Gasteiger partial charge in [-0.25, -0.2) is 14.8 Å². The first-order valence-electron chi connectivity index (χ1n) is 11.4. The molecule has 0 saturated carbocycles. The molecular weight excluding hydrogens is 448 g/mol. The van der Waals surface area contributed by atoms with E-state index < -0.39 is 0 Å². The summed E-state index contributed by atoms with van der Waals surface area (Å²) in [4.78, 5) is 26.5. The van der Waals surface area contributed by atoms with E-state index in [0.29, 0.717) is 24.7 Å². The van der Waals surface area contributed by atoms with E-state index in [1.807, 2.05) is 42.2 Å². The number of carbonyl (C=O) groups is 1. The number of carbonyl (C=O) groups excluding carboxylic acids is 1. The molecule has 34 heavy (non-hydrogen) atoms. The van der Waals surface area contributed by atoms with E-state index in [0.717, 1.165) is 47.0 Å². The predicted molar refractivity (Wildman–Crippen MR) is 136 cm³/mol. The van der Waals surface area contributed by atoms with Gasteiger partial charge in [-0.15, -0.1) is 0 Å². The molecule has 0 radical (unpaired) electrons. The van der Waals surface area contributed by atoms with Gasteiger partial charge in [0, 0.05) is 48.8 Å². The standard InChI is InChI=1S/C26H27ClN6O/c1-18-8-10-20(11-9-18)33-24(29-23-7-4-12-28-25(23)33)17-31-13-15-32(16-14-31)26(34)30-22-6-3-5-21(27)19(22)2/h3-12H,13-17H2,1-2H3,(H,30,34). The van der Waals surface area contributed by atoms with E-state index >= 15 is 0 Å². The van der Waals surface area contributed by atoms with Gasteiger partial charge >= 0.3 is 6.03 Å². The van der Waals surface area contributed by atoms with E-state index in [9.17, 15) is 4.79 Å². The third-order valence-electron chi connectivity index (χ3n) is 6.31. The topological polar surface area (TPSA) is 66.3 Å². The molecule has 1 aliphatic rings. The molecule has 2 amide bonds. The summed E-state index contributed by atoms with van der Waals surface area (Å²) in [5.41, 5.74) is 5.63. The quantitative estimate of drug-likeness (QED) is 0.450. The van der Waals surface area contributed by atoms with E-state index in [4.69, 9.17) is 16.6 Å². The summed E-state index contributed by atoms with van der Waals surface area (Å²) in [6.45, 7) is 7.51. The lowest BCUT2D eigenvalue weighted by molar-refractivity contribution is 0.140. The van der Waals surface area contributed by atoms with Crippen LogP contribution in [0, 0.1) is 13.8 Å². The first-order valence-corrected chi connectivity index (χ1v) is 11.8. The summed E-state index contributed by atoms with van der Waals surface area (Å²) >= 11 is 6.19. The fourth-order valence-electron chi connectivity index (χ4n) is 4.28. The van der Waals surface area contributed by atoms with Gasteiger partial charge in [0.25, 0.3) is 0 Å². The Hall–Kier alpha value is -3.42. The number of hydrogen-bond acceptors (Lipinski definition) is 4. The summed E-state index contributed by atoms with van der Waals surface area (Å²) in [7, 11) is 0. The number of piperazine rings is 1. The minimum atomic E-state index is -0.0962. The van der Waals surface area contributed by atoms with Crippen molar-refractivity contribution in [2.45, 2.75) is 20.4 Å². The lowest BCUT2D eigenvalue weighted by atomic mass is 10.2. The van der Waals surface area contributed by atoms with Gasteiger partial charge in [0.2, 0.25) is 0 Å². The van der Waals surface area contributed by atoms with Crippen LogP contribution in [0.1, 0.15) is 17.0 Å². The van der Waals surface area contributed by atoms with Crippen LogP contribution >= 0.6 is 11.6 Å². The SMILES string of the molecule is Cc1ccc(-n2c(CN3CCN(C(=O)Nc4cccc(Cl)c4C)CC3)nc3cccnc32)cc1. The van der Waals surface area contributed by atoms with Crippen molar-refractivity contribution < 1.29 is 4.79 Å². The number of anilines is 1. The van der Waals surface area contributed by atoms with Crippen LogP contribution in [-0.2, 0) is 6.54 Å². The molecule has 1 N–H and O–H groups in total. The number of halogens is 1. The maximum Gasteiger partial charge on any atom is 0.321 e. The number of fused-ring (bicyclic) bond motifs is 1. The van der Waals surface area contributed by atoms with Crippen molar-refractivity contribution in [3.05, 3.63) is 82.8 Å². The number of rotatable bonds is 4. The molecule has 1 fully saturated rings. The van der Waals surface area contributed by atoms with Gasteiger partial charge in [0.05, 0.1) is 6.54 Å². The number of aryl methyl sites for hydroxylation is 1. The van der Waals surface area contributed by atoms with E-state index in [2.05, 4.69) is 51.0 Å². The number of hydrogen-bond donors (Lipinski definition) is 1. The predicted octanol–water partition coefficient (Wildman–Crippen LogP) is 5.04. The average molecular weight is 475 g/mol. The Morgan fingerprint density at radius 2 is 1.76 bits per heavy atom. The maximum atomic E-state index is 12.8. The summed E-state index contributed by atoms with van der Waals surface area (Å²) in [6.07, 6.45) is 1.80. The van der Waals surface area contributed by atoms with Gasteiger partial charge in [0.1, 0.15) is 11.3 Å². The highest BCUT2D eigenvalue weighted by atomic mass is 35.5. The molecular formula is C26H27ClN6O. The summed E-state index contributed by atoms with van der Waals surface area (Å²) in [6, 6.07) is 17.8. The van der Waals surface area contributed by atoms with Crippen molar-refractivity contribution >= 4 is 34.5 Å². The molecule has 4 aromatic rings.